The van der Waals surface area contributed by atoms with Crippen LogP contribution in [0.4, 0.5) is 8.78 Å². The van der Waals surface area contributed by atoms with Crippen molar-refractivity contribution in [3.05, 3.63) is 45.4 Å². The molecule has 1 aromatic heterocycles. The largest absolute Gasteiger partial charge is 0.508 e. The molecule has 1 fully saturated rings. The molecule has 0 saturated carbocycles. The van der Waals surface area contributed by atoms with E-state index in [0.717, 1.165) is 43.1 Å². The number of hydrogen-bond acceptors (Lipinski definition) is 6. The zero-order valence-corrected chi connectivity index (χ0v) is 14.2. The van der Waals surface area contributed by atoms with Crippen LogP contribution in [-0.2, 0) is 4.84 Å². The first-order chi connectivity index (χ1) is 12.1. The van der Waals surface area contributed by atoms with Crippen LogP contribution in [-0.4, -0.2) is 28.9 Å². The summed E-state index contributed by atoms with van der Waals surface area (Å²) in [7, 11) is 0. The van der Waals surface area contributed by atoms with Gasteiger partial charge in [-0.1, -0.05) is 5.16 Å². The van der Waals surface area contributed by atoms with E-state index in [0.29, 0.717) is 17.3 Å². The normalized spacial score (nSPS) is 21.2. The van der Waals surface area contributed by atoms with Gasteiger partial charge in [0, 0.05) is 29.9 Å². The zero-order valence-electron chi connectivity index (χ0n) is 13.3. The summed E-state index contributed by atoms with van der Waals surface area (Å²) >= 11 is 1.59. The number of nitrogens with zero attached hydrogens (tertiary/aromatic N) is 2. The summed E-state index contributed by atoms with van der Waals surface area (Å²) in [5.74, 6) is -1.69. The molecular formula is C17H17F2N3O2S. The molecule has 0 bridgehead atoms. The topological polar surface area (TPSA) is 66.7 Å². The Morgan fingerprint density at radius 2 is 1.92 bits per heavy atom. The lowest BCUT2D eigenvalue weighted by atomic mass is 9.99. The Kier molecular flexibility index (Phi) is 4.39. The van der Waals surface area contributed by atoms with Crippen LogP contribution in [0.5, 0.6) is 5.75 Å². The molecule has 2 aliphatic heterocycles. The van der Waals surface area contributed by atoms with Gasteiger partial charge in [0.05, 0.1) is 16.3 Å². The van der Waals surface area contributed by atoms with Gasteiger partial charge in [0.25, 0.3) is 0 Å². The number of aromatic nitrogens is 1. The summed E-state index contributed by atoms with van der Waals surface area (Å²) in [6.45, 7) is 1.98. The molecule has 8 heteroatoms. The summed E-state index contributed by atoms with van der Waals surface area (Å²) in [6, 6.07) is 1.75. The van der Waals surface area contributed by atoms with E-state index in [9.17, 15) is 13.9 Å². The molecule has 0 spiro atoms. The van der Waals surface area contributed by atoms with Crippen LogP contribution < -0.4 is 5.32 Å². The summed E-state index contributed by atoms with van der Waals surface area (Å²) in [6.07, 6.45) is 1.51. The predicted molar refractivity (Wildman–Crippen MR) is 90.0 cm³/mol. The highest BCUT2D eigenvalue weighted by atomic mass is 32.1. The number of phenolic OH excluding ortho intramolecular Hbond substituents is 1. The molecule has 0 amide bonds. The van der Waals surface area contributed by atoms with Crippen molar-refractivity contribution in [1.82, 2.24) is 10.3 Å². The van der Waals surface area contributed by atoms with Crippen LogP contribution in [0.25, 0.3) is 0 Å². The quantitative estimate of drug-likeness (QED) is 0.874. The lowest BCUT2D eigenvalue weighted by Gasteiger charge is -2.20. The van der Waals surface area contributed by atoms with Crippen LogP contribution in [0.3, 0.4) is 0 Å². The Morgan fingerprint density at radius 3 is 2.64 bits per heavy atom. The molecule has 3 heterocycles. The predicted octanol–water partition coefficient (Wildman–Crippen LogP) is 3.46. The maximum Gasteiger partial charge on any atom is 0.164 e. The molecule has 132 valence electrons. The Morgan fingerprint density at radius 1 is 1.20 bits per heavy atom. The summed E-state index contributed by atoms with van der Waals surface area (Å²) in [5, 5.41) is 19.6. The molecule has 0 aliphatic carbocycles. The van der Waals surface area contributed by atoms with Gasteiger partial charge in [0.2, 0.25) is 0 Å². The fraction of sp³-hybridized carbons (Fsp3) is 0.412. The van der Waals surface area contributed by atoms with Gasteiger partial charge >= 0.3 is 0 Å². The first-order valence-corrected chi connectivity index (χ1v) is 9.07. The molecule has 1 saturated heterocycles. The average Bonchev–Trinajstić information content (AvgIpc) is 3.24. The van der Waals surface area contributed by atoms with Gasteiger partial charge in [-0.15, -0.1) is 11.3 Å². The van der Waals surface area contributed by atoms with E-state index in [1.807, 2.05) is 5.38 Å². The van der Waals surface area contributed by atoms with Crippen LogP contribution >= 0.6 is 11.3 Å². The standard InChI is InChI=1S/C17H17F2N3O2S/c18-11-5-10(23)6-12(19)16(11)15-7-13(22-24-15)14-8-25-17(21-14)9-1-3-20-4-2-9/h5-6,8-9,15,20,23H,1-4,7H2. The second-order valence-corrected chi connectivity index (χ2v) is 7.14. The van der Waals surface area contributed by atoms with Crippen molar-refractivity contribution in [2.75, 3.05) is 13.1 Å². The van der Waals surface area contributed by atoms with Gasteiger partial charge < -0.3 is 15.3 Å². The third-order valence-corrected chi connectivity index (χ3v) is 5.57. The highest BCUT2D eigenvalue weighted by Gasteiger charge is 2.31. The van der Waals surface area contributed by atoms with E-state index < -0.39 is 23.5 Å². The van der Waals surface area contributed by atoms with Crippen molar-refractivity contribution >= 4 is 17.0 Å². The minimum absolute atomic E-state index is 0.217. The smallest absolute Gasteiger partial charge is 0.164 e. The maximum absolute atomic E-state index is 14.0. The fourth-order valence-electron chi connectivity index (χ4n) is 3.24. The molecule has 1 aromatic carbocycles. The first-order valence-electron chi connectivity index (χ1n) is 8.19. The highest BCUT2D eigenvalue weighted by Crippen LogP contribution is 2.35. The second kappa shape index (κ2) is 6.68. The molecule has 2 N–H and O–H groups in total. The number of oxime groups is 1. The number of nitrogens with one attached hydrogen (secondary N) is 1. The number of halogens is 2. The van der Waals surface area contributed by atoms with Gasteiger partial charge in [0.15, 0.2) is 6.10 Å². The number of phenols is 1. The van der Waals surface area contributed by atoms with Gasteiger partial charge in [-0.05, 0) is 25.9 Å². The monoisotopic (exact) mass is 365 g/mol. The van der Waals surface area contributed by atoms with E-state index in [2.05, 4.69) is 15.5 Å². The fourth-order valence-corrected chi connectivity index (χ4v) is 4.24. The summed E-state index contributed by atoms with van der Waals surface area (Å²) < 4.78 is 28.0. The van der Waals surface area contributed by atoms with Crippen molar-refractivity contribution in [2.45, 2.75) is 31.3 Å². The molecule has 0 radical (unpaired) electrons. The number of benzene rings is 1. The molecule has 2 aromatic rings. The number of aromatic hydroxyl groups is 1. The zero-order chi connectivity index (χ0) is 17.4. The number of rotatable bonds is 3. The molecule has 1 atom stereocenters. The minimum Gasteiger partial charge on any atom is -0.508 e. The summed E-state index contributed by atoms with van der Waals surface area (Å²) in [5.41, 5.74) is 1.08. The molecule has 4 rings (SSSR count). The van der Waals surface area contributed by atoms with Crippen molar-refractivity contribution < 1.29 is 18.7 Å². The molecule has 2 aliphatic rings. The van der Waals surface area contributed by atoms with E-state index >= 15 is 0 Å². The maximum atomic E-state index is 14.0. The van der Waals surface area contributed by atoms with Crippen LogP contribution in [0, 0.1) is 11.6 Å². The Balaban J connectivity index is 1.50. The minimum atomic E-state index is -0.848. The number of piperidine rings is 1. The van der Waals surface area contributed by atoms with Crippen molar-refractivity contribution in [1.29, 1.82) is 0 Å². The van der Waals surface area contributed by atoms with Crippen LogP contribution in [0.2, 0.25) is 0 Å². The molecule has 25 heavy (non-hydrogen) atoms. The lowest BCUT2D eigenvalue weighted by molar-refractivity contribution is 0.0799. The van der Waals surface area contributed by atoms with Gasteiger partial charge in [-0.2, -0.15) is 0 Å². The molecular weight excluding hydrogens is 348 g/mol. The SMILES string of the molecule is Oc1cc(F)c(C2CC(c3csc(C4CCNCC4)n3)=NO2)c(F)c1. The van der Waals surface area contributed by atoms with Crippen molar-refractivity contribution in [3.63, 3.8) is 0 Å². The molecule has 1 unspecified atom stereocenters. The second-order valence-electron chi connectivity index (χ2n) is 6.25. The van der Waals surface area contributed by atoms with Gasteiger partial charge in [0.1, 0.15) is 23.1 Å². The van der Waals surface area contributed by atoms with Crippen LogP contribution in [0.1, 0.15) is 47.5 Å². The Hall–Kier alpha value is -2.06. The van der Waals surface area contributed by atoms with Crippen molar-refractivity contribution in [3.8, 4) is 5.75 Å². The van der Waals surface area contributed by atoms with Crippen molar-refractivity contribution in [2.24, 2.45) is 5.16 Å². The summed E-state index contributed by atoms with van der Waals surface area (Å²) in [4.78, 5) is 9.90. The Bertz CT molecular complexity index is 795. The Labute approximate surface area is 147 Å². The third-order valence-electron chi connectivity index (χ3n) is 4.56. The molecule has 5 nitrogen and oxygen atoms in total. The van der Waals surface area contributed by atoms with Gasteiger partial charge in [-0.25, -0.2) is 13.8 Å². The third kappa shape index (κ3) is 3.23. The lowest BCUT2D eigenvalue weighted by Crippen LogP contribution is -2.26. The van der Waals surface area contributed by atoms with E-state index in [1.165, 1.54) is 0 Å². The van der Waals surface area contributed by atoms with Gasteiger partial charge in [-0.3, -0.25) is 0 Å². The average molecular weight is 365 g/mol. The number of thiazole rings is 1. The first kappa shape index (κ1) is 16.4. The van der Waals surface area contributed by atoms with E-state index in [4.69, 9.17) is 4.84 Å². The van der Waals surface area contributed by atoms with E-state index in [1.54, 1.807) is 11.3 Å². The van der Waals surface area contributed by atoms with E-state index in [-0.39, 0.29) is 12.0 Å². The highest BCUT2D eigenvalue weighted by molar-refractivity contribution is 7.09. The number of hydrogen-bond donors (Lipinski definition) is 2. The van der Waals surface area contributed by atoms with Crippen LogP contribution in [0.15, 0.2) is 22.7 Å².